The molecule has 19 heavy (non-hydrogen) atoms. The third-order valence-electron chi connectivity index (χ3n) is 3.41. The van der Waals surface area contributed by atoms with Crippen LogP contribution in [0.1, 0.15) is 12.8 Å². The molecule has 0 bridgehead atoms. The van der Waals surface area contributed by atoms with Crippen LogP contribution >= 0.6 is 0 Å². The second kappa shape index (κ2) is 5.01. The summed E-state index contributed by atoms with van der Waals surface area (Å²) >= 11 is 0. The largest absolute Gasteiger partial charge is 0.478 e. The molecule has 1 aromatic carbocycles. The highest BCUT2D eigenvalue weighted by Crippen LogP contribution is 2.28. The Hall–Kier alpha value is -1.88. The van der Waals surface area contributed by atoms with Crippen LogP contribution in [0.15, 0.2) is 24.3 Å². The zero-order valence-corrected chi connectivity index (χ0v) is 10.9. The molecule has 1 fully saturated rings. The molecule has 1 N–H and O–H groups in total. The van der Waals surface area contributed by atoms with Gasteiger partial charge in [0.1, 0.15) is 0 Å². The first kappa shape index (κ1) is 12.2. The standard InChI is InChI=1S/C14H17N3O2/c1-19-14-13(17-8-4-5-10(18)9-17)15-11-6-2-3-7-12(11)16-14/h2-3,6-7,10,18H,4-5,8-9H2,1H3/t10-/m1/s1. The van der Waals surface area contributed by atoms with E-state index in [1.807, 2.05) is 29.2 Å². The third-order valence-corrected chi connectivity index (χ3v) is 3.41. The summed E-state index contributed by atoms with van der Waals surface area (Å²) in [6.07, 6.45) is 1.50. The molecule has 1 aromatic heterocycles. The lowest BCUT2D eigenvalue weighted by molar-refractivity contribution is 0.153. The molecule has 0 unspecified atom stereocenters. The maximum absolute atomic E-state index is 9.79. The number of hydrogen-bond acceptors (Lipinski definition) is 5. The number of fused-ring (bicyclic) bond motifs is 1. The van der Waals surface area contributed by atoms with E-state index in [4.69, 9.17) is 4.74 Å². The van der Waals surface area contributed by atoms with Crippen molar-refractivity contribution in [2.45, 2.75) is 18.9 Å². The average molecular weight is 259 g/mol. The summed E-state index contributed by atoms with van der Waals surface area (Å²) in [6, 6.07) is 7.73. The van der Waals surface area contributed by atoms with Gasteiger partial charge < -0.3 is 14.7 Å². The van der Waals surface area contributed by atoms with Crippen molar-refractivity contribution in [3.8, 4) is 5.88 Å². The molecule has 1 aliphatic heterocycles. The van der Waals surface area contributed by atoms with Crippen molar-refractivity contribution in [1.29, 1.82) is 0 Å². The number of rotatable bonds is 2. The van der Waals surface area contributed by atoms with Gasteiger partial charge in [-0.25, -0.2) is 9.97 Å². The Morgan fingerprint density at radius 3 is 2.68 bits per heavy atom. The Morgan fingerprint density at radius 1 is 1.26 bits per heavy atom. The van der Waals surface area contributed by atoms with Crippen molar-refractivity contribution in [2.24, 2.45) is 0 Å². The number of aliphatic hydroxyl groups is 1. The van der Waals surface area contributed by atoms with Gasteiger partial charge in [0, 0.05) is 13.1 Å². The predicted molar refractivity (Wildman–Crippen MR) is 73.5 cm³/mol. The summed E-state index contributed by atoms with van der Waals surface area (Å²) in [5.74, 6) is 1.24. The molecule has 1 aliphatic rings. The van der Waals surface area contributed by atoms with E-state index in [2.05, 4.69) is 9.97 Å². The molecular weight excluding hydrogens is 242 g/mol. The molecule has 3 rings (SSSR count). The smallest absolute Gasteiger partial charge is 0.257 e. The Bertz CT molecular complexity index is 588. The van der Waals surface area contributed by atoms with Crippen LogP contribution in [0.3, 0.4) is 0 Å². The van der Waals surface area contributed by atoms with Crippen LogP contribution in [-0.2, 0) is 0 Å². The fourth-order valence-electron chi connectivity index (χ4n) is 2.46. The molecule has 5 heteroatoms. The van der Waals surface area contributed by atoms with Gasteiger partial charge in [0.2, 0.25) is 0 Å². The minimum atomic E-state index is -0.299. The van der Waals surface area contributed by atoms with Crippen LogP contribution in [0.25, 0.3) is 11.0 Å². The zero-order chi connectivity index (χ0) is 13.2. The molecule has 0 aliphatic carbocycles. The van der Waals surface area contributed by atoms with E-state index < -0.39 is 0 Å². The molecule has 100 valence electrons. The number of β-amino-alcohol motifs (C(OH)–C–C–N with tert-alkyl or cyclic N) is 1. The fourth-order valence-corrected chi connectivity index (χ4v) is 2.46. The number of anilines is 1. The predicted octanol–water partition coefficient (Wildman–Crippen LogP) is 1.60. The number of benzene rings is 1. The molecule has 1 saturated heterocycles. The van der Waals surface area contributed by atoms with Gasteiger partial charge >= 0.3 is 0 Å². The summed E-state index contributed by atoms with van der Waals surface area (Å²) in [6.45, 7) is 1.46. The minimum Gasteiger partial charge on any atom is -0.478 e. The van der Waals surface area contributed by atoms with Crippen molar-refractivity contribution in [3.63, 3.8) is 0 Å². The van der Waals surface area contributed by atoms with Gasteiger partial charge in [0.25, 0.3) is 5.88 Å². The lowest BCUT2D eigenvalue weighted by atomic mass is 10.1. The van der Waals surface area contributed by atoms with Crippen molar-refractivity contribution < 1.29 is 9.84 Å². The van der Waals surface area contributed by atoms with E-state index >= 15 is 0 Å². The van der Waals surface area contributed by atoms with Crippen LogP contribution in [0.4, 0.5) is 5.82 Å². The molecule has 2 aromatic rings. The number of piperidine rings is 1. The molecule has 0 saturated carbocycles. The van der Waals surface area contributed by atoms with Gasteiger partial charge in [0.15, 0.2) is 5.82 Å². The Morgan fingerprint density at radius 2 is 2.00 bits per heavy atom. The number of ether oxygens (including phenoxy) is 1. The summed E-state index contributed by atoms with van der Waals surface area (Å²) in [4.78, 5) is 11.2. The van der Waals surface area contributed by atoms with Crippen molar-refractivity contribution in [2.75, 3.05) is 25.1 Å². The zero-order valence-electron chi connectivity index (χ0n) is 10.9. The first-order valence-electron chi connectivity index (χ1n) is 6.51. The van der Waals surface area contributed by atoms with Crippen molar-refractivity contribution in [1.82, 2.24) is 9.97 Å². The molecule has 5 nitrogen and oxygen atoms in total. The first-order chi connectivity index (χ1) is 9.28. The van der Waals surface area contributed by atoms with Crippen LogP contribution in [0.5, 0.6) is 5.88 Å². The van der Waals surface area contributed by atoms with Crippen molar-refractivity contribution in [3.05, 3.63) is 24.3 Å². The number of methoxy groups -OCH3 is 1. The number of aliphatic hydroxyl groups excluding tert-OH is 1. The Labute approximate surface area is 111 Å². The number of aromatic nitrogens is 2. The van der Waals surface area contributed by atoms with E-state index in [-0.39, 0.29) is 6.10 Å². The number of para-hydroxylation sites is 2. The molecule has 0 amide bonds. The van der Waals surface area contributed by atoms with Gasteiger partial charge in [-0.15, -0.1) is 0 Å². The summed E-state index contributed by atoms with van der Waals surface area (Å²) in [5, 5.41) is 9.79. The van der Waals surface area contributed by atoms with Gasteiger partial charge in [-0.05, 0) is 25.0 Å². The van der Waals surface area contributed by atoms with E-state index in [0.29, 0.717) is 12.4 Å². The maximum atomic E-state index is 9.79. The third kappa shape index (κ3) is 2.33. The molecule has 2 heterocycles. The minimum absolute atomic E-state index is 0.299. The first-order valence-corrected chi connectivity index (χ1v) is 6.51. The number of hydrogen-bond donors (Lipinski definition) is 1. The lowest BCUT2D eigenvalue weighted by Gasteiger charge is -2.31. The van der Waals surface area contributed by atoms with E-state index in [0.717, 1.165) is 36.2 Å². The van der Waals surface area contributed by atoms with Gasteiger partial charge in [-0.2, -0.15) is 0 Å². The van der Waals surface area contributed by atoms with Crippen LogP contribution in [0.2, 0.25) is 0 Å². The number of nitrogens with zero attached hydrogens (tertiary/aromatic N) is 3. The highest BCUT2D eigenvalue weighted by atomic mass is 16.5. The second-order valence-electron chi connectivity index (χ2n) is 4.79. The topological polar surface area (TPSA) is 58.5 Å². The monoisotopic (exact) mass is 259 g/mol. The summed E-state index contributed by atoms with van der Waals surface area (Å²) in [7, 11) is 1.60. The van der Waals surface area contributed by atoms with Gasteiger partial charge in [-0.1, -0.05) is 12.1 Å². The Balaban J connectivity index is 2.05. The quantitative estimate of drug-likeness (QED) is 0.887. The highest BCUT2D eigenvalue weighted by molar-refractivity contribution is 5.77. The maximum Gasteiger partial charge on any atom is 0.257 e. The second-order valence-corrected chi connectivity index (χ2v) is 4.79. The van der Waals surface area contributed by atoms with E-state index in [1.165, 1.54) is 0 Å². The summed E-state index contributed by atoms with van der Waals surface area (Å²) < 4.78 is 5.34. The summed E-state index contributed by atoms with van der Waals surface area (Å²) in [5.41, 5.74) is 1.67. The SMILES string of the molecule is COc1nc2ccccc2nc1N1CCC[C@@H](O)C1. The molecule has 0 radical (unpaired) electrons. The average Bonchev–Trinajstić information content (AvgIpc) is 2.46. The van der Waals surface area contributed by atoms with E-state index in [9.17, 15) is 5.11 Å². The molecule has 1 atom stereocenters. The normalized spacial score (nSPS) is 19.7. The molecular formula is C14H17N3O2. The van der Waals surface area contributed by atoms with Crippen LogP contribution in [0, 0.1) is 0 Å². The van der Waals surface area contributed by atoms with Gasteiger partial charge in [0.05, 0.1) is 24.2 Å². The highest BCUT2D eigenvalue weighted by Gasteiger charge is 2.23. The molecule has 0 spiro atoms. The van der Waals surface area contributed by atoms with Crippen LogP contribution in [-0.4, -0.2) is 41.4 Å². The fraction of sp³-hybridized carbons (Fsp3) is 0.429. The van der Waals surface area contributed by atoms with E-state index in [1.54, 1.807) is 7.11 Å². The van der Waals surface area contributed by atoms with Gasteiger partial charge in [-0.3, -0.25) is 0 Å². The van der Waals surface area contributed by atoms with Crippen molar-refractivity contribution >= 4 is 16.9 Å². The Kier molecular flexibility index (Phi) is 3.21. The van der Waals surface area contributed by atoms with Crippen LogP contribution < -0.4 is 9.64 Å². The lowest BCUT2D eigenvalue weighted by Crippen LogP contribution is -2.39.